The number of anilines is 1. The zero-order valence-corrected chi connectivity index (χ0v) is 10.3. The molecule has 0 saturated carbocycles. The van der Waals surface area contributed by atoms with E-state index >= 15 is 0 Å². The molecule has 0 aliphatic rings. The SMILES string of the molecule is CCn1cc(N)c(-c2ccc(Cl)cc2Cl)n1. The van der Waals surface area contributed by atoms with Crippen LogP contribution in [-0.2, 0) is 6.54 Å². The van der Waals surface area contributed by atoms with E-state index in [1.54, 1.807) is 23.0 Å². The maximum atomic E-state index is 6.10. The number of aryl methyl sites for hydroxylation is 1. The molecular weight excluding hydrogens is 245 g/mol. The Morgan fingerprint density at radius 3 is 2.69 bits per heavy atom. The first-order valence-corrected chi connectivity index (χ1v) is 5.65. The summed E-state index contributed by atoms with van der Waals surface area (Å²) in [6.45, 7) is 2.77. The molecule has 16 heavy (non-hydrogen) atoms. The van der Waals surface area contributed by atoms with Gasteiger partial charge in [0.15, 0.2) is 0 Å². The minimum atomic E-state index is 0.556. The number of nitrogens with two attached hydrogens (primary N) is 1. The van der Waals surface area contributed by atoms with Gasteiger partial charge in [0.2, 0.25) is 0 Å². The van der Waals surface area contributed by atoms with Crippen molar-refractivity contribution < 1.29 is 0 Å². The van der Waals surface area contributed by atoms with Crippen molar-refractivity contribution in [2.45, 2.75) is 13.5 Å². The molecule has 0 aliphatic carbocycles. The lowest BCUT2D eigenvalue weighted by Gasteiger charge is -2.02. The Morgan fingerprint density at radius 2 is 2.12 bits per heavy atom. The first-order valence-electron chi connectivity index (χ1n) is 4.90. The van der Waals surface area contributed by atoms with Crippen molar-refractivity contribution in [3.8, 4) is 11.3 Å². The predicted octanol–water partition coefficient (Wildman–Crippen LogP) is 3.46. The van der Waals surface area contributed by atoms with E-state index in [4.69, 9.17) is 28.9 Å². The number of hydrogen-bond donors (Lipinski definition) is 1. The maximum absolute atomic E-state index is 6.10. The molecule has 1 heterocycles. The lowest BCUT2D eigenvalue weighted by atomic mass is 10.1. The van der Waals surface area contributed by atoms with E-state index in [1.807, 2.05) is 13.0 Å². The van der Waals surface area contributed by atoms with Crippen LogP contribution in [0.25, 0.3) is 11.3 Å². The van der Waals surface area contributed by atoms with Crippen LogP contribution in [-0.4, -0.2) is 9.78 Å². The van der Waals surface area contributed by atoms with Gasteiger partial charge in [-0.1, -0.05) is 23.2 Å². The van der Waals surface area contributed by atoms with Crippen LogP contribution in [0.1, 0.15) is 6.92 Å². The van der Waals surface area contributed by atoms with Crippen molar-refractivity contribution in [2.24, 2.45) is 0 Å². The van der Waals surface area contributed by atoms with E-state index in [0.29, 0.717) is 21.4 Å². The van der Waals surface area contributed by atoms with Crippen molar-refractivity contribution in [3.63, 3.8) is 0 Å². The number of rotatable bonds is 2. The molecular formula is C11H11Cl2N3. The largest absolute Gasteiger partial charge is 0.396 e. The van der Waals surface area contributed by atoms with Gasteiger partial charge in [0.25, 0.3) is 0 Å². The van der Waals surface area contributed by atoms with Crippen molar-refractivity contribution in [3.05, 3.63) is 34.4 Å². The Balaban J connectivity index is 2.53. The molecule has 2 N–H and O–H groups in total. The lowest BCUT2D eigenvalue weighted by Crippen LogP contribution is -1.94. The van der Waals surface area contributed by atoms with Crippen LogP contribution in [0.4, 0.5) is 5.69 Å². The van der Waals surface area contributed by atoms with Crippen LogP contribution < -0.4 is 5.73 Å². The number of benzene rings is 1. The predicted molar refractivity (Wildman–Crippen MR) is 67.8 cm³/mol. The van der Waals surface area contributed by atoms with Crippen LogP contribution in [0.3, 0.4) is 0 Å². The lowest BCUT2D eigenvalue weighted by molar-refractivity contribution is 0.662. The van der Waals surface area contributed by atoms with E-state index in [-0.39, 0.29) is 0 Å². The standard InChI is InChI=1S/C11H11Cl2N3/c1-2-16-6-10(14)11(15-16)8-4-3-7(12)5-9(8)13/h3-6H,2,14H2,1H3. The highest BCUT2D eigenvalue weighted by Crippen LogP contribution is 2.32. The topological polar surface area (TPSA) is 43.8 Å². The summed E-state index contributed by atoms with van der Waals surface area (Å²) in [6, 6.07) is 5.28. The van der Waals surface area contributed by atoms with Crippen molar-refractivity contribution in [2.75, 3.05) is 5.73 Å². The number of hydrogen-bond acceptors (Lipinski definition) is 2. The zero-order valence-electron chi connectivity index (χ0n) is 8.74. The molecule has 0 bridgehead atoms. The van der Waals surface area contributed by atoms with Gasteiger partial charge in [-0.2, -0.15) is 5.10 Å². The molecule has 0 aliphatic heterocycles. The molecule has 0 amide bonds. The highest BCUT2D eigenvalue weighted by atomic mass is 35.5. The molecule has 0 fully saturated rings. The molecule has 0 unspecified atom stereocenters. The fourth-order valence-corrected chi connectivity index (χ4v) is 1.99. The Kier molecular flexibility index (Phi) is 3.08. The summed E-state index contributed by atoms with van der Waals surface area (Å²) < 4.78 is 1.77. The molecule has 2 aromatic rings. The molecule has 5 heteroatoms. The number of nitrogens with zero attached hydrogens (tertiary/aromatic N) is 2. The van der Waals surface area contributed by atoms with Crippen LogP contribution in [0.15, 0.2) is 24.4 Å². The molecule has 2 rings (SSSR count). The van der Waals surface area contributed by atoms with Crippen LogP contribution >= 0.6 is 23.2 Å². The van der Waals surface area contributed by atoms with E-state index in [2.05, 4.69) is 5.10 Å². The second-order valence-corrected chi connectivity index (χ2v) is 4.26. The van der Waals surface area contributed by atoms with E-state index in [0.717, 1.165) is 12.1 Å². The highest BCUT2D eigenvalue weighted by molar-refractivity contribution is 6.36. The first-order chi connectivity index (χ1) is 7.61. The van der Waals surface area contributed by atoms with Gasteiger partial charge in [-0.25, -0.2) is 0 Å². The van der Waals surface area contributed by atoms with Gasteiger partial charge in [0.05, 0.1) is 10.7 Å². The fourth-order valence-electron chi connectivity index (χ4n) is 1.49. The molecule has 1 aromatic heterocycles. The molecule has 0 radical (unpaired) electrons. The van der Waals surface area contributed by atoms with Crippen molar-refractivity contribution in [1.29, 1.82) is 0 Å². The first kappa shape index (κ1) is 11.3. The summed E-state index contributed by atoms with van der Waals surface area (Å²) in [7, 11) is 0. The van der Waals surface area contributed by atoms with Crippen molar-refractivity contribution >= 4 is 28.9 Å². The van der Waals surface area contributed by atoms with Gasteiger partial charge >= 0.3 is 0 Å². The number of aromatic nitrogens is 2. The summed E-state index contributed by atoms with van der Waals surface area (Å²) in [6.07, 6.45) is 1.79. The Labute approximate surface area is 104 Å². The summed E-state index contributed by atoms with van der Waals surface area (Å²) in [5.41, 5.74) is 8.00. The van der Waals surface area contributed by atoms with Gasteiger partial charge in [-0.3, -0.25) is 4.68 Å². The van der Waals surface area contributed by atoms with Crippen LogP contribution in [0.2, 0.25) is 10.0 Å². The fraction of sp³-hybridized carbons (Fsp3) is 0.182. The second kappa shape index (κ2) is 4.36. The third-order valence-electron chi connectivity index (χ3n) is 2.30. The van der Waals surface area contributed by atoms with Gasteiger partial charge in [-0.15, -0.1) is 0 Å². The van der Waals surface area contributed by atoms with Gasteiger partial charge in [0.1, 0.15) is 5.69 Å². The summed E-state index contributed by atoms with van der Waals surface area (Å²) >= 11 is 11.9. The summed E-state index contributed by atoms with van der Waals surface area (Å²) in [4.78, 5) is 0. The highest BCUT2D eigenvalue weighted by Gasteiger charge is 2.11. The quantitative estimate of drug-likeness (QED) is 0.894. The van der Waals surface area contributed by atoms with Crippen LogP contribution in [0.5, 0.6) is 0 Å². The normalized spacial score (nSPS) is 10.7. The third-order valence-corrected chi connectivity index (χ3v) is 2.85. The second-order valence-electron chi connectivity index (χ2n) is 3.41. The van der Waals surface area contributed by atoms with E-state index < -0.39 is 0 Å². The molecule has 0 atom stereocenters. The smallest absolute Gasteiger partial charge is 0.117 e. The Bertz CT molecular complexity index is 520. The van der Waals surface area contributed by atoms with Gasteiger partial charge < -0.3 is 5.73 Å². The van der Waals surface area contributed by atoms with Gasteiger partial charge in [-0.05, 0) is 25.1 Å². The summed E-state index contributed by atoms with van der Waals surface area (Å²) in [5, 5.41) is 5.51. The molecule has 1 aromatic carbocycles. The molecule has 0 spiro atoms. The zero-order chi connectivity index (χ0) is 11.7. The maximum Gasteiger partial charge on any atom is 0.117 e. The average molecular weight is 256 g/mol. The molecule has 3 nitrogen and oxygen atoms in total. The van der Waals surface area contributed by atoms with Crippen LogP contribution in [0, 0.1) is 0 Å². The summed E-state index contributed by atoms with van der Waals surface area (Å²) in [5.74, 6) is 0. The van der Waals surface area contributed by atoms with Gasteiger partial charge in [0, 0.05) is 23.3 Å². The van der Waals surface area contributed by atoms with E-state index in [9.17, 15) is 0 Å². The minimum absolute atomic E-state index is 0.556. The van der Waals surface area contributed by atoms with Crippen molar-refractivity contribution in [1.82, 2.24) is 9.78 Å². The molecule has 84 valence electrons. The Hall–Kier alpha value is -1.19. The Morgan fingerprint density at radius 1 is 1.38 bits per heavy atom. The monoisotopic (exact) mass is 255 g/mol. The minimum Gasteiger partial charge on any atom is -0.396 e. The number of nitrogen functional groups attached to an aromatic ring is 1. The third kappa shape index (κ3) is 2.01. The van der Waals surface area contributed by atoms with E-state index in [1.165, 1.54) is 0 Å². The molecule has 0 saturated heterocycles. The average Bonchev–Trinajstić information content (AvgIpc) is 2.60. The number of halogens is 2.